The molecule has 1 aromatic heterocycles. The lowest BCUT2D eigenvalue weighted by atomic mass is 10.0. The van der Waals surface area contributed by atoms with Crippen molar-refractivity contribution in [1.29, 1.82) is 0 Å². The molecule has 4 heteroatoms. The number of aromatic hydroxyl groups is 1. The van der Waals surface area contributed by atoms with Crippen LogP contribution in [-0.4, -0.2) is 10.1 Å². The van der Waals surface area contributed by atoms with Gasteiger partial charge in [0.15, 0.2) is 5.88 Å². The standard InChI is InChI=1S/C24H24N2O2/c1-15-16(2)24(25-17(3)23(15)27)26-19(5)28-18(4)20-11-13-22(14-12-20)21-9-7-6-8-10-21/h6-14,27H,4-5H2,1-3H3,(H,25,26). The zero-order valence-electron chi connectivity index (χ0n) is 16.4. The number of aryl methyl sites for hydroxylation is 1. The number of pyridine rings is 1. The highest BCUT2D eigenvalue weighted by Gasteiger charge is 2.12. The molecule has 3 rings (SSSR count). The molecular formula is C24H24N2O2. The van der Waals surface area contributed by atoms with Gasteiger partial charge in [-0.1, -0.05) is 61.2 Å². The van der Waals surface area contributed by atoms with Gasteiger partial charge in [0, 0.05) is 5.56 Å². The van der Waals surface area contributed by atoms with Crippen LogP contribution in [0, 0.1) is 20.8 Å². The zero-order chi connectivity index (χ0) is 20.3. The molecule has 0 aliphatic carbocycles. The van der Waals surface area contributed by atoms with E-state index in [2.05, 4.69) is 35.6 Å². The third-order valence-electron chi connectivity index (χ3n) is 4.71. The van der Waals surface area contributed by atoms with E-state index < -0.39 is 0 Å². The summed E-state index contributed by atoms with van der Waals surface area (Å²) in [6.07, 6.45) is 0. The Bertz CT molecular complexity index is 1020. The summed E-state index contributed by atoms with van der Waals surface area (Å²) in [5.41, 5.74) is 5.32. The first-order valence-corrected chi connectivity index (χ1v) is 9.02. The second-order valence-corrected chi connectivity index (χ2v) is 6.66. The minimum Gasteiger partial charge on any atom is -0.506 e. The van der Waals surface area contributed by atoms with Gasteiger partial charge in [-0.3, -0.25) is 0 Å². The summed E-state index contributed by atoms with van der Waals surface area (Å²) in [4.78, 5) is 4.37. The van der Waals surface area contributed by atoms with Crippen LogP contribution in [0.4, 0.5) is 5.82 Å². The Hall–Kier alpha value is -3.53. The monoisotopic (exact) mass is 372 g/mol. The van der Waals surface area contributed by atoms with Gasteiger partial charge in [-0.05, 0) is 49.6 Å². The van der Waals surface area contributed by atoms with Crippen molar-refractivity contribution in [1.82, 2.24) is 4.98 Å². The molecule has 0 bridgehead atoms. The van der Waals surface area contributed by atoms with Gasteiger partial charge in [0.05, 0.1) is 5.69 Å². The number of anilines is 1. The van der Waals surface area contributed by atoms with E-state index in [0.29, 0.717) is 23.2 Å². The zero-order valence-corrected chi connectivity index (χ0v) is 16.4. The summed E-state index contributed by atoms with van der Waals surface area (Å²) < 4.78 is 5.75. The molecule has 28 heavy (non-hydrogen) atoms. The van der Waals surface area contributed by atoms with Crippen LogP contribution in [0.5, 0.6) is 5.75 Å². The molecular weight excluding hydrogens is 348 g/mol. The average molecular weight is 372 g/mol. The van der Waals surface area contributed by atoms with Crippen molar-refractivity contribution in [3.63, 3.8) is 0 Å². The number of hydrogen-bond acceptors (Lipinski definition) is 4. The molecule has 0 saturated heterocycles. The average Bonchev–Trinajstić information content (AvgIpc) is 2.71. The molecule has 3 aromatic rings. The van der Waals surface area contributed by atoms with Crippen LogP contribution in [0.25, 0.3) is 16.9 Å². The van der Waals surface area contributed by atoms with Crippen LogP contribution in [0.1, 0.15) is 22.4 Å². The van der Waals surface area contributed by atoms with Crippen molar-refractivity contribution in [2.45, 2.75) is 20.8 Å². The number of benzene rings is 2. The number of ether oxygens (including phenoxy) is 1. The molecule has 0 radical (unpaired) electrons. The molecule has 142 valence electrons. The minimum absolute atomic E-state index is 0.206. The van der Waals surface area contributed by atoms with E-state index in [1.165, 1.54) is 0 Å². The maximum Gasteiger partial charge on any atom is 0.191 e. The smallest absolute Gasteiger partial charge is 0.191 e. The van der Waals surface area contributed by atoms with Crippen LogP contribution < -0.4 is 5.32 Å². The van der Waals surface area contributed by atoms with E-state index >= 15 is 0 Å². The molecule has 1 heterocycles. The summed E-state index contributed by atoms with van der Waals surface area (Å²) in [6.45, 7) is 13.4. The Morgan fingerprint density at radius 2 is 1.50 bits per heavy atom. The lowest BCUT2D eigenvalue weighted by Crippen LogP contribution is -2.07. The van der Waals surface area contributed by atoms with Crippen LogP contribution in [0.15, 0.2) is 73.6 Å². The summed E-state index contributed by atoms with van der Waals surface area (Å²) >= 11 is 0. The highest BCUT2D eigenvalue weighted by Crippen LogP contribution is 2.29. The van der Waals surface area contributed by atoms with E-state index in [-0.39, 0.29) is 5.75 Å². The van der Waals surface area contributed by atoms with Crippen molar-refractivity contribution >= 4 is 11.6 Å². The molecule has 0 saturated carbocycles. The molecule has 0 aliphatic heterocycles. The number of hydrogen-bond donors (Lipinski definition) is 2. The van der Waals surface area contributed by atoms with E-state index in [9.17, 15) is 5.11 Å². The minimum atomic E-state index is 0.206. The molecule has 0 amide bonds. The lowest BCUT2D eigenvalue weighted by Gasteiger charge is -2.16. The van der Waals surface area contributed by atoms with E-state index in [1.54, 1.807) is 6.92 Å². The van der Waals surface area contributed by atoms with Crippen molar-refractivity contribution in [3.8, 4) is 16.9 Å². The largest absolute Gasteiger partial charge is 0.506 e. The fourth-order valence-corrected chi connectivity index (χ4v) is 2.90. The van der Waals surface area contributed by atoms with Crippen LogP contribution in [0.3, 0.4) is 0 Å². The third-order valence-corrected chi connectivity index (χ3v) is 4.71. The fourth-order valence-electron chi connectivity index (χ4n) is 2.90. The summed E-state index contributed by atoms with van der Waals surface area (Å²) in [7, 11) is 0. The third kappa shape index (κ3) is 4.07. The summed E-state index contributed by atoms with van der Waals surface area (Å²) in [5, 5.41) is 13.0. The van der Waals surface area contributed by atoms with E-state index in [4.69, 9.17) is 4.74 Å². The first kappa shape index (κ1) is 19.2. The van der Waals surface area contributed by atoms with Gasteiger partial charge < -0.3 is 15.2 Å². The molecule has 2 aromatic carbocycles. The Morgan fingerprint density at radius 3 is 2.14 bits per heavy atom. The molecule has 0 spiro atoms. The second kappa shape index (κ2) is 8.01. The van der Waals surface area contributed by atoms with Gasteiger partial charge in [-0.25, -0.2) is 4.98 Å². The SMILES string of the molecule is C=C(Nc1nc(C)c(O)c(C)c1C)OC(=C)c1ccc(-c2ccccc2)cc1. The summed E-state index contributed by atoms with van der Waals surface area (Å²) in [5.74, 6) is 1.61. The molecule has 0 atom stereocenters. The Kier molecular flexibility index (Phi) is 5.50. The highest BCUT2D eigenvalue weighted by molar-refractivity contribution is 5.67. The predicted octanol–water partition coefficient (Wildman–Crippen LogP) is 5.95. The maximum atomic E-state index is 9.99. The van der Waals surface area contributed by atoms with Gasteiger partial charge in [0.25, 0.3) is 0 Å². The fraction of sp³-hybridized carbons (Fsp3) is 0.125. The van der Waals surface area contributed by atoms with Gasteiger partial charge in [0.1, 0.15) is 17.3 Å². The Morgan fingerprint density at radius 1 is 0.893 bits per heavy atom. The number of nitrogens with one attached hydrogen (secondary N) is 1. The maximum absolute atomic E-state index is 9.99. The topological polar surface area (TPSA) is 54.4 Å². The van der Waals surface area contributed by atoms with Crippen molar-refractivity contribution in [2.24, 2.45) is 0 Å². The molecule has 0 aliphatic rings. The highest BCUT2D eigenvalue weighted by atomic mass is 16.5. The number of aromatic nitrogens is 1. The summed E-state index contributed by atoms with van der Waals surface area (Å²) in [6, 6.07) is 18.2. The second-order valence-electron chi connectivity index (χ2n) is 6.66. The lowest BCUT2D eigenvalue weighted by molar-refractivity contribution is 0.392. The van der Waals surface area contributed by atoms with Gasteiger partial charge in [-0.15, -0.1) is 0 Å². The van der Waals surface area contributed by atoms with Gasteiger partial charge >= 0.3 is 0 Å². The molecule has 0 fully saturated rings. The van der Waals surface area contributed by atoms with E-state index in [1.807, 2.05) is 56.3 Å². The number of nitrogens with zero attached hydrogens (tertiary/aromatic N) is 1. The van der Waals surface area contributed by atoms with Gasteiger partial charge in [-0.2, -0.15) is 0 Å². The molecule has 4 nitrogen and oxygen atoms in total. The molecule has 0 unspecified atom stereocenters. The predicted molar refractivity (Wildman–Crippen MR) is 115 cm³/mol. The first-order chi connectivity index (χ1) is 13.4. The van der Waals surface area contributed by atoms with Crippen molar-refractivity contribution in [3.05, 3.63) is 96.0 Å². The van der Waals surface area contributed by atoms with Gasteiger partial charge in [0.2, 0.25) is 0 Å². The first-order valence-electron chi connectivity index (χ1n) is 9.02. The Labute approximate surface area is 165 Å². The normalized spacial score (nSPS) is 10.4. The van der Waals surface area contributed by atoms with Crippen molar-refractivity contribution in [2.75, 3.05) is 5.32 Å². The number of rotatable bonds is 6. The Balaban J connectivity index is 1.69. The quantitative estimate of drug-likeness (QED) is 0.525. The molecule has 2 N–H and O–H groups in total. The van der Waals surface area contributed by atoms with E-state index in [0.717, 1.165) is 27.8 Å². The van der Waals surface area contributed by atoms with Crippen LogP contribution in [-0.2, 0) is 4.74 Å². The van der Waals surface area contributed by atoms with Crippen LogP contribution >= 0.6 is 0 Å². The van der Waals surface area contributed by atoms with Crippen molar-refractivity contribution < 1.29 is 9.84 Å². The van der Waals surface area contributed by atoms with Crippen LogP contribution in [0.2, 0.25) is 0 Å².